The van der Waals surface area contributed by atoms with Gasteiger partial charge in [-0.2, -0.15) is 0 Å². The van der Waals surface area contributed by atoms with Gasteiger partial charge in [-0.25, -0.2) is 23.5 Å². The molecule has 0 spiro atoms. The number of aromatic nitrogens is 3. The number of thiazole rings is 1. The number of fused-ring (bicyclic) bond motifs is 1. The molecule has 0 bridgehead atoms. The normalized spacial score (nSPS) is 17.9. The summed E-state index contributed by atoms with van der Waals surface area (Å²) in [7, 11) is -5.02. The van der Waals surface area contributed by atoms with Gasteiger partial charge in [0, 0.05) is 63.3 Å². The van der Waals surface area contributed by atoms with Gasteiger partial charge in [-0.3, -0.25) is 4.57 Å². The Hall–Kier alpha value is -2.21. The van der Waals surface area contributed by atoms with Crippen LogP contribution in [0.2, 0.25) is 0 Å². The molecule has 1 aromatic carbocycles. The van der Waals surface area contributed by atoms with Crippen LogP contribution in [0.25, 0.3) is 15.8 Å². The largest absolute Gasteiger partial charge is 0.467 e. The molecule has 1 saturated heterocycles. The molecule has 2 N–H and O–H groups in total. The van der Waals surface area contributed by atoms with Crippen LogP contribution in [-0.4, -0.2) is 77.5 Å². The maximum Gasteiger partial charge on any atom is 0.325 e. The van der Waals surface area contributed by atoms with Gasteiger partial charge in [0.05, 0.1) is 21.2 Å². The van der Waals surface area contributed by atoms with E-state index in [9.17, 15) is 8.77 Å². The van der Waals surface area contributed by atoms with Gasteiger partial charge >= 0.3 is 7.60 Å². The van der Waals surface area contributed by atoms with Crippen molar-refractivity contribution in [3.8, 4) is 5.19 Å². The lowest BCUT2D eigenvalue weighted by Crippen LogP contribution is -2.39. The highest BCUT2D eigenvalue weighted by Gasteiger charge is 2.24. The van der Waals surface area contributed by atoms with Crippen molar-refractivity contribution in [1.82, 2.24) is 19.3 Å². The third-order valence-electron chi connectivity index (χ3n) is 7.69. The Bertz CT molecular complexity index is 1440. The first-order valence-corrected chi connectivity index (χ1v) is 18.7. The predicted octanol–water partition coefficient (Wildman–Crippen LogP) is 5.19. The van der Waals surface area contributed by atoms with Gasteiger partial charge in [0.15, 0.2) is 0 Å². The highest BCUT2D eigenvalue weighted by molar-refractivity contribution is 7.82. The van der Waals surface area contributed by atoms with Crippen molar-refractivity contribution < 1.29 is 23.3 Å². The van der Waals surface area contributed by atoms with Crippen LogP contribution in [0.15, 0.2) is 36.7 Å². The number of anilines is 1. The smallest absolute Gasteiger partial charge is 0.325 e. The van der Waals surface area contributed by atoms with Crippen LogP contribution in [0.4, 0.5) is 5.95 Å². The number of nitrogens with zero attached hydrogens (tertiary/aromatic N) is 5. The maximum atomic E-state index is 12.7. The number of benzene rings is 1. The summed E-state index contributed by atoms with van der Waals surface area (Å²) >= 11 is 1.59. The molecular formula is C29H40N5O5PS2. The van der Waals surface area contributed by atoms with Crippen molar-refractivity contribution in [2.24, 2.45) is 0 Å². The molecule has 2 aliphatic heterocycles. The van der Waals surface area contributed by atoms with E-state index in [1.807, 2.05) is 16.7 Å². The molecule has 4 heterocycles. The number of unbranched alkanes of at least 4 members (excludes halogenated alkanes) is 2. The fourth-order valence-electron chi connectivity index (χ4n) is 5.35. The Morgan fingerprint density at radius 1 is 1.12 bits per heavy atom. The maximum absolute atomic E-state index is 12.7. The standard InChI is InChI=1S/C29H40N5O5PS2/c1-2-6-22-20-30-28(31-21-22)33-13-11-25(12-14-33)39-29-32-26-8-7-24(19-27(26)41-29)23-9-15-34(16-10-23)42(38)18-5-3-4-17-40(35,36)37/h7-9,19-21,25H,2-6,10-18H2,1H3,(H2,35,36,37). The van der Waals surface area contributed by atoms with E-state index < -0.39 is 18.6 Å². The van der Waals surface area contributed by atoms with Crippen LogP contribution in [0.1, 0.15) is 63.0 Å². The van der Waals surface area contributed by atoms with Gasteiger partial charge in [0.2, 0.25) is 5.95 Å². The Labute approximate surface area is 254 Å². The van der Waals surface area contributed by atoms with Crippen LogP contribution in [0, 0.1) is 0 Å². The lowest BCUT2D eigenvalue weighted by molar-refractivity contribution is 0.170. The Morgan fingerprint density at radius 3 is 2.60 bits per heavy atom. The molecule has 1 unspecified atom stereocenters. The third-order valence-corrected chi connectivity index (χ3v) is 11.0. The zero-order chi connectivity index (χ0) is 29.5. The quantitative estimate of drug-likeness (QED) is 0.193. The van der Waals surface area contributed by atoms with Crippen LogP contribution in [0.5, 0.6) is 5.19 Å². The fraction of sp³-hybridized carbons (Fsp3) is 0.552. The monoisotopic (exact) mass is 633 g/mol. The lowest BCUT2D eigenvalue weighted by atomic mass is 10.0. The Morgan fingerprint density at radius 2 is 1.90 bits per heavy atom. The van der Waals surface area contributed by atoms with Crippen molar-refractivity contribution in [2.45, 2.75) is 64.4 Å². The molecule has 2 aromatic heterocycles. The molecule has 228 valence electrons. The first kappa shape index (κ1) is 31.2. The molecule has 0 radical (unpaired) electrons. The summed E-state index contributed by atoms with van der Waals surface area (Å²) in [5.41, 5.74) is 4.54. The van der Waals surface area contributed by atoms with Crippen LogP contribution in [-0.2, 0) is 22.0 Å². The summed E-state index contributed by atoms with van der Waals surface area (Å²) in [4.78, 5) is 34.0. The van der Waals surface area contributed by atoms with Crippen LogP contribution < -0.4 is 9.64 Å². The van der Waals surface area contributed by atoms with Crippen molar-refractivity contribution in [3.63, 3.8) is 0 Å². The van der Waals surface area contributed by atoms with E-state index in [0.717, 1.165) is 67.9 Å². The molecule has 10 nitrogen and oxygen atoms in total. The van der Waals surface area contributed by atoms with Crippen LogP contribution >= 0.6 is 18.9 Å². The molecule has 0 amide bonds. The number of piperidine rings is 1. The molecule has 3 aromatic rings. The predicted molar refractivity (Wildman–Crippen MR) is 169 cm³/mol. The number of ether oxygens (including phenoxy) is 1. The number of hydrogen-bond donors (Lipinski definition) is 2. The van der Waals surface area contributed by atoms with Gasteiger partial charge in [-0.05, 0) is 54.5 Å². The number of aryl methyl sites for hydroxylation is 1. The highest BCUT2D eigenvalue weighted by Crippen LogP contribution is 2.36. The molecule has 42 heavy (non-hydrogen) atoms. The second kappa shape index (κ2) is 14.5. The SMILES string of the molecule is CCCc1cnc(N2CCC(Oc3nc4ccc(C5=CCN(S(=O)CCCCCP(=O)(O)O)CC5)cc4s3)CC2)nc1. The number of rotatable bonds is 13. The lowest BCUT2D eigenvalue weighted by Gasteiger charge is -2.31. The zero-order valence-corrected chi connectivity index (χ0v) is 26.6. The summed E-state index contributed by atoms with van der Waals surface area (Å²) < 4.78 is 33.0. The van der Waals surface area contributed by atoms with Crippen molar-refractivity contribution in [1.29, 1.82) is 0 Å². The first-order valence-electron chi connectivity index (χ1n) is 14.8. The Kier molecular flexibility index (Phi) is 10.8. The molecule has 0 saturated carbocycles. The zero-order valence-electron chi connectivity index (χ0n) is 24.1. The molecule has 13 heteroatoms. The van der Waals surface area contributed by atoms with Crippen molar-refractivity contribution in [2.75, 3.05) is 43.0 Å². The summed E-state index contributed by atoms with van der Waals surface area (Å²) in [5.74, 6) is 1.32. The van der Waals surface area contributed by atoms with E-state index in [4.69, 9.17) is 19.5 Å². The van der Waals surface area contributed by atoms with E-state index >= 15 is 0 Å². The van der Waals surface area contributed by atoms with Gasteiger partial charge in [-0.15, -0.1) is 0 Å². The van der Waals surface area contributed by atoms with Crippen molar-refractivity contribution in [3.05, 3.63) is 47.8 Å². The highest BCUT2D eigenvalue weighted by atomic mass is 32.2. The van der Waals surface area contributed by atoms with Crippen molar-refractivity contribution >= 4 is 51.7 Å². The minimum Gasteiger partial charge on any atom is -0.467 e. The second-order valence-corrected chi connectivity index (χ2v) is 15.3. The summed E-state index contributed by atoms with van der Waals surface area (Å²) in [5, 5.41) is 0.709. The van der Waals surface area contributed by atoms with E-state index in [1.54, 1.807) is 11.3 Å². The first-order chi connectivity index (χ1) is 20.3. The topological polar surface area (TPSA) is 129 Å². The van der Waals surface area contributed by atoms with E-state index in [2.05, 4.69) is 46.1 Å². The Balaban J connectivity index is 1.10. The minimum atomic E-state index is -3.94. The molecule has 1 atom stereocenters. The van der Waals surface area contributed by atoms with E-state index in [1.165, 1.54) is 16.7 Å². The van der Waals surface area contributed by atoms with Gasteiger partial charge < -0.3 is 19.4 Å². The van der Waals surface area contributed by atoms with Gasteiger partial charge in [0.25, 0.3) is 5.19 Å². The molecular weight excluding hydrogens is 593 g/mol. The van der Waals surface area contributed by atoms with Crippen LogP contribution in [0.3, 0.4) is 0 Å². The fourth-order valence-corrected chi connectivity index (χ4v) is 8.15. The summed E-state index contributed by atoms with van der Waals surface area (Å²) in [6.07, 6.45) is 12.6. The molecule has 0 aliphatic carbocycles. The minimum absolute atomic E-state index is 0.100. The summed E-state index contributed by atoms with van der Waals surface area (Å²) in [6.45, 7) is 5.24. The van der Waals surface area contributed by atoms with E-state index in [-0.39, 0.29) is 12.3 Å². The van der Waals surface area contributed by atoms with Gasteiger partial charge in [0.1, 0.15) is 6.10 Å². The molecule has 1 fully saturated rings. The molecule has 2 aliphatic rings. The average Bonchev–Trinajstić information content (AvgIpc) is 3.39. The molecule has 5 rings (SSSR count). The average molecular weight is 634 g/mol. The number of hydrogen-bond acceptors (Lipinski definition) is 8. The van der Waals surface area contributed by atoms with E-state index in [0.29, 0.717) is 36.8 Å². The summed E-state index contributed by atoms with van der Waals surface area (Å²) in [6, 6.07) is 6.34. The third kappa shape index (κ3) is 8.67. The van der Waals surface area contributed by atoms with Gasteiger partial charge in [-0.1, -0.05) is 43.2 Å². The second-order valence-electron chi connectivity index (χ2n) is 10.9.